The summed E-state index contributed by atoms with van der Waals surface area (Å²) >= 11 is 0. The van der Waals surface area contributed by atoms with E-state index in [-0.39, 0.29) is 16.9 Å². The van der Waals surface area contributed by atoms with Gasteiger partial charge in [-0.25, -0.2) is 0 Å². The van der Waals surface area contributed by atoms with Crippen molar-refractivity contribution in [3.8, 4) is 0 Å². The van der Waals surface area contributed by atoms with E-state index < -0.39 is 8.32 Å². The summed E-state index contributed by atoms with van der Waals surface area (Å²) in [5, 5.41) is 0.271. The van der Waals surface area contributed by atoms with Gasteiger partial charge in [0, 0.05) is 19.7 Å². The third-order valence-electron chi connectivity index (χ3n) is 5.01. The first kappa shape index (κ1) is 19.7. The van der Waals surface area contributed by atoms with Crippen molar-refractivity contribution >= 4 is 14.3 Å². The van der Waals surface area contributed by atoms with Crippen LogP contribution in [0.15, 0.2) is 0 Å². The first-order valence-corrected chi connectivity index (χ1v) is 11.6. The summed E-state index contributed by atoms with van der Waals surface area (Å²) < 4.78 is 11.4. The van der Waals surface area contributed by atoms with Crippen LogP contribution < -0.4 is 0 Å². The van der Waals surface area contributed by atoms with Gasteiger partial charge in [0.2, 0.25) is 0 Å². The maximum Gasteiger partial charge on any atom is 0.310 e. The molecule has 1 fully saturated rings. The van der Waals surface area contributed by atoms with E-state index in [0.29, 0.717) is 6.61 Å². The van der Waals surface area contributed by atoms with Crippen LogP contribution in [0.25, 0.3) is 0 Å². The molecule has 4 nitrogen and oxygen atoms in total. The maximum absolute atomic E-state index is 11.8. The van der Waals surface area contributed by atoms with Crippen LogP contribution in [0.4, 0.5) is 0 Å². The maximum atomic E-state index is 11.8. The Morgan fingerprint density at radius 3 is 2.59 bits per heavy atom. The first-order chi connectivity index (χ1) is 10.2. The van der Waals surface area contributed by atoms with E-state index in [4.69, 9.17) is 9.16 Å². The average molecular weight is 330 g/mol. The number of likely N-dealkylation sites (tertiary alicyclic amines) is 1. The van der Waals surface area contributed by atoms with Crippen LogP contribution in [-0.2, 0) is 14.0 Å². The zero-order chi connectivity index (χ0) is 16.8. The third-order valence-corrected chi connectivity index (χ3v) is 9.55. The number of esters is 1. The molecular weight excluding hydrogens is 294 g/mol. The lowest BCUT2D eigenvalue weighted by Gasteiger charge is -2.36. The molecule has 130 valence electrons. The highest BCUT2D eigenvalue weighted by Crippen LogP contribution is 2.36. The summed E-state index contributed by atoms with van der Waals surface area (Å²) in [7, 11) is -1.63. The Balaban J connectivity index is 2.29. The highest BCUT2D eigenvalue weighted by atomic mass is 28.4. The fourth-order valence-corrected chi connectivity index (χ4v) is 3.63. The van der Waals surface area contributed by atoms with Crippen molar-refractivity contribution in [2.75, 3.05) is 32.8 Å². The van der Waals surface area contributed by atoms with Crippen molar-refractivity contribution in [1.82, 2.24) is 4.90 Å². The molecule has 0 spiro atoms. The predicted molar refractivity (Wildman–Crippen MR) is 93.6 cm³/mol. The highest BCUT2D eigenvalue weighted by molar-refractivity contribution is 6.74. The van der Waals surface area contributed by atoms with Crippen LogP contribution in [0.1, 0.15) is 47.0 Å². The molecule has 22 heavy (non-hydrogen) atoms. The first-order valence-electron chi connectivity index (χ1n) is 8.70. The fraction of sp³-hybridized carbons (Fsp3) is 0.941. The number of piperidine rings is 1. The number of hydrogen-bond donors (Lipinski definition) is 0. The van der Waals surface area contributed by atoms with Crippen LogP contribution in [0.3, 0.4) is 0 Å². The molecular formula is C17H35NO3Si. The molecule has 0 aromatic rings. The van der Waals surface area contributed by atoms with E-state index in [1.54, 1.807) is 0 Å². The minimum Gasteiger partial charge on any atom is -0.466 e. The van der Waals surface area contributed by atoms with E-state index in [2.05, 4.69) is 38.8 Å². The lowest BCUT2D eigenvalue weighted by molar-refractivity contribution is -0.149. The molecule has 0 radical (unpaired) electrons. The Labute approximate surface area is 137 Å². The minimum atomic E-state index is -1.63. The van der Waals surface area contributed by atoms with Gasteiger partial charge >= 0.3 is 5.97 Å². The van der Waals surface area contributed by atoms with Crippen molar-refractivity contribution in [1.29, 1.82) is 0 Å². The molecule has 0 amide bonds. The van der Waals surface area contributed by atoms with E-state index in [0.717, 1.165) is 45.5 Å². The van der Waals surface area contributed by atoms with Gasteiger partial charge in [0.25, 0.3) is 0 Å². The van der Waals surface area contributed by atoms with E-state index >= 15 is 0 Å². The molecule has 0 aromatic carbocycles. The smallest absolute Gasteiger partial charge is 0.310 e. The zero-order valence-electron chi connectivity index (χ0n) is 15.4. The van der Waals surface area contributed by atoms with Gasteiger partial charge < -0.3 is 14.1 Å². The van der Waals surface area contributed by atoms with Crippen LogP contribution in [0, 0.1) is 5.92 Å². The lowest BCUT2D eigenvalue weighted by Crippen LogP contribution is -2.42. The monoisotopic (exact) mass is 329 g/mol. The fourth-order valence-electron chi connectivity index (χ4n) is 2.54. The molecule has 0 aliphatic carbocycles. The van der Waals surface area contributed by atoms with Gasteiger partial charge in [-0.15, -0.1) is 0 Å². The Morgan fingerprint density at radius 2 is 2.00 bits per heavy atom. The highest BCUT2D eigenvalue weighted by Gasteiger charge is 2.36. The number of rotatable bonds is 7. The predicted octanol–water partition coefficient (Wildman–Crippen LogP) is 3.67. The molecule has 0 saturated carbocycles. The number of nitrogens with zero attached hydrogens (tertiary/aromatic N) is 1. The second kappa shape index (κ2) is 8.46. The molecule has 0 aromatic heterocycles. The van der Waals surface area contributed by atoms with E-state index in [9.17, 15) is 4.79 Å². The number of hydrogen-bond acceptors (Lipinski definition) is 4. The normalized spacial score (nSPS) is 20.9. The Hall–Kier alpha value is -0.393. The molecule has 1 rings (SSSR count). The zero-order valence-corrected chi connectivity index (χ0v) is 16.4. The molecule has 1 saturated heterocycles. The quantitative estimate of drug-likeness (QED) is 0.406. The SMILES string of the molecule is CCOC(=O)C1CCCN(CCCO[Si](C)(C)C(C)(C)C)C1. The van der Waals surface area contributed by atoms with Gasteiger partial charge in [0.1, 0.15) is 0 Å². The van der Waals surface area contributed by atoms with Crippen LogP contribution >= 0.6 is 0 Å². The molecule has 5 heteroatoms. The Bertz CT molecular complexity index is 352. The van der Waals surface area contributed by atoms with Gasteiger partial charge in [-0.3, -0.25) is 4.79 Å². The van der Waals surface area contributed by atoms with E-state index in [1.807, 2.05) is 6.92 Å². The van der Waals surface area contributed by atoms with Crippen LogP contribution in [-0.4, -0.2) is 52.0 Å². The Morgan fingerprint density at radius 1 is 1.32 bits per heavy atom. The van der Waals surface area contributed by atoms with Gasteiger partial charge in [-0.2, -0.15) is 0 Å². The second-order valence-corrected chi connectivity index (χ2v) is 12.7. The van der Waals surface area contributed by atoms with Crippen LogP contribution in [0.2, 0.25) is 18.1 Å². The summed E-state index contributed by atoms with van der Waals surface area (Å²) in [6.07, 6.45) is 3.10. The molecule has 1 aliphatic rings. The number of ether oxygens (including phenoxy) is 1. The summed E-state index contributed by atoms with van der Waals surface area (Å²) in [6, 6.07) is 0. The van der Waals surface area contributed by atoms with E-state index in [1.165, 1.54) is 0 Å². The topological polar surface area (TPSA) is 38.8 Å². The molecule has 1 heterocycles. The third kappa shape index (κ3) is 6.01. The van der Waals surface area contributed by atoms with Crippen molar-refractivity contribution < 1.29 is 14.0 Å². The summed E-state index contributed by atoms with van der Waals surface area (Å²) in [5.74, 6) is 0.0414. The van der Waals surface area contributed by atoms with Gasteiger partial charge in [-0.05, 0) is 50.9 Å². The Kier molecular flexibility index (Phi) is 7.55. The molecule has 1 atom stereocenters. The molecule has 1 unspecified atom stereocenters. The van der Waals surface area contributed by atoms with Crippen molar-refractivity contribution in [3.05, 3.63) is 0 Å². The number of carbonyl (C=O) groups is 1. The van der Waals surface area contributed by atoms with Crippen LogP contribution in [0.5, 0.6) is 0 Å². The summed E-state index contributed by atoms with van der Waals surface area (Å²) in [6.45, 7) is 17.5. The summed E-state index contributed by atoms with van der Waals surface area (Å²) in [4.78, 5) is 14.2. The minimum absolute atomic E-state index is 0.0234. The van der Waals surface area contributed by atoms with Crippen molar-refractivity contribution in [2.24, 2.45) is 5.92 Å². The van der Waals surface area contributed by atoms with Gasteiger partial charge in [-0.1, -0.05) is 20.8 Å². The van der Waals surface area contributed by atoms with Crippen molar-refractivity contribution in [2.45, 2.75) is 65.1 Å². The lowest BCUT2D eigenvalue weighted by atomic mass is 9.98. The van der Waals surface area contributed by atoms with Gasteiger partial charge in [0.05, 0.1) is 12.5 Å². The van der Waals surface area contributed by atoms with Gasteiger partial charge in [0.15, 0.2) is 8.32 Å². The molecule has 0 bridgehead atoms. The van der Waals surface area contributed by atoms with Crippen molar-refractivity contribution in [3.63, 3.8) is 0 Å². The molecule has 1 aliphatic heterocycles. The molecule has 0 N–H and O–H groups in total. The standard InChI is InChI=1S/C17H35NO3Si/c1-7-20-16(19)15-10-8-11-18(14-15)12-9-13-21-22(5,6)17(2,3)4/h15H,7-14H2,1-6H3. The average Bonchev–Trinajstić information content (AvgIpc) is 2.43. The largest absolute Gasteiger partial charge is 0.466 e. The second-order valence-electron chi connectivity index (χ2n) is 7.85. The summed E-state index contributed by atoms with van der Waals surface area (Å²) in [5.41, 5.74) is 0. The number of carbonyl (C=O) groups excluding carboxylic acids is 1.